The monoisotopic (exact) mass is 183 g/mol. The maximum atomic E-state index is 9.56. The summed E-state index contributed by atoms with van der Waals surface area (Å²) in [5.74, 6) is 0.120. The van der Waals surface area contributed by atoms with Gasteiger partial charge in [0.05, 0.1) is 13.7 Å². The van der Waals surface area contributed by atoms with Crippen LogP contribution in [0.5, 0.6) is 5.75 Å². The van der Waals surface area contributed by atoms with Crippen LogP contribution in [0.4, 0.5) is 0 Å². The molecule has 0 aliphatic carbocycles. The third kappa shape index (κ3) is 2.42. The smallest absolute Gasteiger partial charge is 0.125 e. The Morgan fingerprint density at radius 1 is 1.38 bits per heavy atom. The number of benzene rings is 1. The van der Waals surface area contributed by atoms with E-state index in [2.05, 4.69) is 10.3 Å². The SMILES string of the molecule is CONCc1cccc(CO)c1O. The minimum Gasteiger partial charge on any atom is -0.507 e. The highest BCUT2D eigenvalue weighted by molar-refractivity contribution is 5.39. The molecule has 0 aliphatic rings. The lowest BCUT2D eigenvalue weighted by Crippen LogP contribution is -2.11. The van der Waals surface area contributed by atoms with Crippen LogP contribution in [0, 0.1) is 0 Å². The molecule has 1 rings (SSSR count). The Labute approximate surface area is 76.7 Å². The average Bonchev–Trinajstić information content (AvgIpc) is 2.16. The van der Waals surface area contributed by atoms with Gasteiger partial charge in [-0.25, -0.2) is 0 Å². The van der Waals surface area contributed by atoms with Gasteiger partial charge in [0.2, 0.25) is 0 Å². The van der Waals surface area contributed by atoms with Crippen LogP contribution in [-0.2, 0) is 18.0 Å². The molecule has 13 heavy (non-hydrogen) atoms. The van der Waals surface area contributed by atoms with Crippen LogP contribution < -0.4 is 5.48 Å². The van der Waals surface area contributed by atoms with E-state index in [-0.39, 0.29) is 12.4 Å². The minimum absolute atomic E-state index is 0.120. The molecule has 0 bridgehead atoms. The zero-order chi connectivity index (χ0) is 9.68. The zero-order valence-electron chi connectivity index (χ0n) is 7.45. The predicted octanol–water partition coefficient (Wildman–Crippen LogP) is 0.535. The molecule has 0 spiro atoms. The number of hydroxylamine groups is 1. The molecule has 0 saturated heterocycles. The molecule has 0 radical (unpaired) electrons. The van der Waals surface area contributed by atoms with E-state index in [1.165, 1.54) is 7.11 Å². The van der Waals surface area contributed by atoms with Crippen molar-refractivity contribution in [2.24, 2.45) is 0 Å². The molecule has 0 aliphatic heterocycles. The third-order valence-corrected chi connectivity index (χ3v) is 1.78. The van der Waals surface area contributed by atoms with Crippen LogP contribution >= 0.6 is 0 Å². The van der Waals surface area contributed by atoms with E-state index >= 15 is 0 Å². The molecule has 0 heterocycles. The molecule has 1 aromatic carbocycles. The van der Waals surface area contributed by atoms with Crippen molar-refractivity contribution in [3.05, 3.63) is 29.3 Å². The molecule has 4 heteroatoms. The van der Waals surface area contributed by atoms with Crippen LogP contribution in [0.15, 0.2) is 18.2 Å². The van der Waals surface area contributed by atoms with Crippen molar-refractivity contribution in [3.63, 3.8) is 0 Å². The van der Waals surface area contributed by atoms with E-state index in [1.807, 2.05) is 0 Å². The van der Waals surface area contributed by atoms with Gasteiger partial charge in [-0.2, -0.15) is 5.48 Å². The highest BCUT2D eigenvalue weighted by Crippen LogP contribution is 2.21. The van der Waals surface area contributed by atoms with E-state index in [0.717, 1.165) is 0 Å². The molecular weight excluding hydrogens is 170 g/mol. The van der Waals surface area contributed by atoms with Gasteiger partial charge < -0.3 is 15.1 Å². The van der Waals surface area contributed by atoms with Crippen molar-refractivity contribution in [2.45, 2.75) is 13.2 Å². The Morgan fingerprint density at radius 3 is 2.69 bits per heavy atom. The van der Waals surface area contributed by atoms with E-state index in [1.54, 1.807) is 18.2 Å². The summed E-state index contributed by atoms with van der Waals surface area (Å²) in [4.78, 5) is 4.65. The number of hydrogen-bond acceptors (Lipinski definition) is 4. The van der Waals surface area contributed by atoms with Gasteiger partial charge in [-0.15, -0.1) is 0 Å². The highest BCUT2D eigenvalue weighted by atomic mass is 16.6. The molecule has 3 N–H and O–H groups in total. The fourth-order valence-electron chi connectivity index (χ4n) is 1.06. The summed E-state index contributed by atoms with van der Waals surface area (Å²) >= 11 is 0. The number of aromatic hydroxyl groups is 1. The molecule has 0 saturated carbocycles. The molecule has 0 unspecified atom stereocenters. The van der Waals surface area contributed by atoms with Crippen molar-refractivity contribution in [2.75, 3.05) is 7.11 Å². The molecule has 4 nitrogen and oxygen atoms in total. The number of phenols is 1. The standard InChI is InChI=1S/C9H13NO3/c1-13-10-5-7-3-2-4-8(6-11)9(7)12/h2-4,10-12H,5-6H2,1H3. The van der Waals surface area contributed by atoms with Crippen molar-refractivity contribution in [1.82, 2.24) is 5.48 Å². The summed E-state index contributed by atoms with van der Waals surface area (Å²) in [5.41, 5.74) is 3.84. The number of aliphatic hydroxyl groups is 1. The van der Waals surface area contributed by atoms with Gasteiger partial charge in [0, 0.05) is 17.7 Å². The lowest BCUT2D eigenvalue weighted by molar-refractivity contribution is 0.0861. The lowest BCUT2D eigenvalue weighted by atomic mass is 10.1. The van der Waals surface area contributed by atoms with E-state index < -0.39 is 0 Å². The number of rotatable bonds is 4. The summed E-state index contributed by atoms with van der Waals surface area (Å²) in [5, 5.41) is 18.4. The van der Waals surface area contributed by atoms with Crippen molar-refractivity contribution in [1.29, 1.82) is 0 Å². The second kappa shape index (κ2) is 4.81. The van der Waals surface area contributed by atoms with Crippen LogP contribution in [0.1, 0.15) is 11.1 Å². The molecule has 0 fully saturated rings. The Kier molecular flexibility index (Phi) is 3.70. The summed E-state index contributed by atoms with van der Waals surface area (Å²) in [6.07, 6.45) is 0. The van der Waals surface area contributed by atoms with Crippen molar-refractivity contribution >= 4 is 0 Å². The first-order valence-electron chi connectivity index (χ1n) is 3.96. The number of para-hydroxylation sites is 1. The van der Waals surface area contributed by atoms with Crippen LogP contribution in [0.3, 0.4) is 0 Å². The summed E-state index contributed by atoms with van der Waals surface area (Å²) in [6, 6.07) is 5.21. The third-order valence-electron chi connectivity index (χ3n) is 1.78. The predicted molar refractivity (Wildman–Crippen MR) is 47.9 cm³/mol. The van der Waals surface area contributed by atoms with Crippen LogP contribution in [0.2, 0.25) is 0 Å². The van der Waals surface area contributed by atoms with Gasteiger partial charge in [-0.1, -0.05) is 18.2 Å². The van der Waals surface area contributed by atoms with Gasteiger partial charge in [-0.05, 0) is 0 Å². The first-order valence-corrected chi connectivity index (χ1v) is 3.96. The lowest BCUT2D eigenvalue weighted by Gasteiger charge is -2.07. The normalized spacial score (nSPS) is 10.3. The fourth-order valence-corrected chi connectivity index (χ4v) is 1.06. The van der Waals surface area contributed by atoms with E-state index in [9.17, 15) is 5.11 Å². The Morgan fingerprint density at radius 2 is 2.08 bits per heavy atom. The maximum absolute atomic E-state index is 9.56. The Bertz CT molecular complexity index is 276. The molecule has 72 valence electrons. The summed E-state index contributed by atoms with van der Waals surface area (Å²) in [7, 11) is 1.51. The number of nitrogens with one attached hydrogen (secondary N) is 1. The van der Waals surface area contributed by atoms with E-state index in [4.69, 9.17) is 5.11 Å². The quantitative estimate of drug-likeness (QED) is 0.596. The molecule has 0 atom stereocenters. The van der Waals surface area contributed by atoms with Crippen molar-refractivity contribution in [3.8, 4) is 5.75 Å². The first-order chi connectivity index (χ1) is 6.29. The maximum Gasteiger partial charge on any atom is 0.125 e. The molecule has 1 aromatic rings. The van der Waals surface area contributed by atoms with Gasteiger partial charge in [0.1, 0.15) is 5.75 Å². The van der Waals surface area contributed by atoms with Gasteiger partial charge >= 0.3 is 0 Å². The Balaban J connectivity index is 2.81. The molecule has 0 aromatic heterocycles. The van der Waals surface area contributed by atoms with Gasteiger partial charge in [-0.3, -0.25) is 0 Å². The van der Waals surface area contributed by atoms with Gasteiger partial charge in [0.15, 0.2) is 0 Å². The largest absolute Gasteiger partial charge is 0.507 e. The van der Waals surface area contributed by atoms with Crippen LogP contribution in [-0.4, -0.2) is 17.3 Å². The number of hydrogen-bond donors (Lipinski definition) is 3. The van der Waals surface area contributed by atoms with Crippen molar-refractivity contribution < 1.29 is 15.1 Å². The van der Waals surface area contributed by atoms with Crippen LogP contribution in [0.25, 0.3) is 0 Å². The topological polar surface area (TPSA) is 61.7 Å². The van der Waals surface area contributed by atoms with E-state index in [0.29, 0.717) is 17.7 Å². The second-order valence-electron chi connectivity index (χ2n) is 2.61. The fraction of sp³-hybridized carbons (Fsp3) is 0.333. The minimum atomic E-state index is -0.160. The summed E-state index contributed by atoms with van der Waals surface area (Å²) in [6.45, 7) is 0.253. The zero-order valence-corrected chi connectivity index (χ0v) is 7.45. The van der Waals surface area contributed by atoms with Gasteiger partial charge in [0.25, 0.3) is 0 Å². The second-order valence-corrected chi connectivity index (χ2v) is 2.61. The molecule has 0 amide bonds. The average molecular weight is 183 g/mol. The Hall–Kier alpha value is -1.10. The molecular formula is C9H13NO3. The first kappa shape index (κ1) is 9.98. The number of aliphatic hydroxyl groups excluding tert-OH is 1. The highest BCUT2D eigenvalue weighted by Gasteiger charge is 2.04. The summed E-state index contributed by atoms with van der Waals surface area (Å²) < 4.78 is 0.